The van der Waals surface area contributed by atoms with E-state index in [0.29, 0.717) is 13.2 Å². The maximum atomic E-state index is 12.8. The Labute approximate surface area is 171 Å². The summed E-state index contributed by atoms with van der Waals surface area (Å²) in [5, 5.41) is 2.96. The predicted octanol–water partition coefficient (Wildman–Crippen LogP) is 2.81. The first kappa shape index (κ1) is 20.0. The Bertz CT molecular complexity index is 811. The molecule has 0 aliphatic carbocycles. The van der Waals surface area contributed by atoms with Gasteiger partial charge in [0.05, 0.1) is 6.61 Å². The molecule has 1 amide bonds. The van der Waals surface area contributed by atoms with Crippen LogP contribution in [0.3, 0.4) is 0 Å². The quantitative estimate of drug-likeness (QED) is 0.778. The van der Waals surface area contributed by atoms with Gasteiger partial charge < -0.3 is 24.3 Å². The first-order valence-corrected chi connectivity index (χ1v) is 10.0. The van der Waals surface area contributed by atoms with Gasteiger partial charge in [-0.25, -0.2) is 0 Å². The van der Waals surface area contributed by atoms with E-state index in [2.05, 4.69) is 5.32 Å². The van der Waals surface area contributed by atoms with Crippen molar-refractivity contribution in [1.82, 2.24) is 5.32 Å². The number of carbonyl (C=O) groups excluding carboxylic acids is 1. The van der Waals surface area contributed by atoms with Gasteiger partial charge in [-0.05, 0) is 31.4 Å². The lowest BCUT2D eigenvalue weighted by molar-refractivity contribution is -0.218. The summed E-state index contributed by atoms with van der Waals surface area (Å²) in [5.41, 5.74) is 2.19. The third-order valence-corrected chi connectivity index (χ3v) is 5.09. The van der Waals surface area contributed by atoms with E-state index in [0.717, 1.165) is 12.0 Å². The Kier molecular flexibility index (Phi) is 5.96. The van der Waals surface area contributed by atoms with Crippen molar-refractivity contribution in [3.8, 4) is 0 Å². The van der Waals surface area contributed by atoms with Crippen molar-refractivity contribution >= 4 is 5.91 Å². The highest BCUT2D eigenvalue weighted by Crippen LogP contribution is 2.39. The summed E-state index contributed by atoms with van der Waals surface area (Å²) in [6.45, 7) is 4.56. The molecule has 1 N–H and O–H groups in total. The lowest BCUT2D eigenvalue weighted by Gasteiger charge is -2.25. The van der Waals surface area contributed by atoms with Crippen LogP contribution in [0.4, 0.5) is 0 Å². The second-order valence-electron chi connectivity index (χ2n) is 7.81. The fraction of sp³-hybridized carbons (Fsp3) is 0.435. The van der Waals surface area contributed by atoms with Crippen LogP contribution in [-0.4, -0.2) is 42.8 Å². The molecule has 29 heavy (non-hydrogen) atoms. The maximum Gasteiger partial charge on any atom is 0.252 e. The van der Waals surface area contributed by atoms with E-state index in [9.17, 15) is 4.79 Å². The molecule has 2 fully saturated rings. The smallest absolute Gasteiger partial charge is 0.252 e. The van der Waals surface area contributed by atoms with E-state index in [4.69, 9.17) is 18.9 Å². The van der Waals surface area contributed by atoms with Gasteiger partial charge in [-0.3, -0.25) is 4.79 Å². The van der Waals surface area contributed by atoms with E-state index in [-0.39, 0.29) is 5.91 Å². The van der Waals surface area contributed by atoms with Gasteiger partial charge in [-0.2, -0.15) is 0 Å². The first-order chi connectivity index (χ1) is 14.0. The van der Waals surface area contributed by atoms with Crippen LogP contribution < -0.4 is 5.32 Å². The molecule has 0 aromatic heterocycles. The number of amides is 1. The average Bonchev–Trinajstić information content (AvgIpc) is 3.19. The first-order valence-electron chi connectivity index (χ1n) is 10.0. The fourth-order valence-corrected chi connectivity index (χ4v) is 3.71. The molecule has 4 atom stereocenters. The number of benzene rings is 2. The molecule has 0 bridgehead atoms. The zero-order valence-corrected chi connectivity index (χ0v) is 16.7. The molecule has 2 aliphatic heterocycles. The molecule has 6 nitrogen and oxygen atoms in total. The van der Waals surface area contributed by atoms with Crippen LogP contribution in [0.5, 0.6) is 0 Å². The van der Waals surface area contributed by atoms with Crippen LogP contribution in [-0.2, 0) is 36.8 Å². The number of hydrogen-bond acceptors (Lipinski definition) is 5. The summed E-state index contributed by atoms with van der Waals surface area (Å²) in [6, 6.07) is 19.9. The van der Waals surface area contributed by atoms with Crippen molar-refractivity contribution < 1.29 is 23.7 Å². The summed E-state index contributed by atoms with van der Waals surface area (Å²) < 4.78 is 23.8. The summed E-state index contributed by atoms with van der Waals surface area (Å²) in [6.07, 6.45) is -1.63. The highest BCUT2D eigenvalue weighted by Gasteiger charge is 2.57. The Morgan fingerprint density at radius 2 is 1.66 bits per heavy atom. The third kappa shape index (κ3) is 4.85. The SMILES string of the molecule is CC1(C)O[C@H]2O[C@H](C(=O)NCCc3ccccc3)[C@H](OCc3ccccc3)[C@H]2O1. The van der Waals surface area contributed by atoms with Gasteiger partial charge in [0.15, 0.2) is 18.2 Å². The molecule has 0 saturated carbocycles. The third-order valence-electron chi connectivity index (χ3n) is 5.09. The summed E-state index contributed by atoms with van der Waals surface area (Å²) in [4.78, 5) is 12.8. The largest absolute Gasteiger partial charge is 0.367 e. The van der Waals surface area contributed by atoms with E-state index in [1.165, 1.54) is 5.56 Å². The van der Waals surface area contributed by atoms with Gasteiger partial charge in [0.2, 0.25) is 0 Å². The highest BCUT2D eigenvalue weighted by atomic mass is 16.8. The van der Waals surface area contributed by atoms with Gasteiger partial charge in [-0.1, -0.05) is 60.7 Å². The van der Waals surface area contributed by atoms with Gasteiger partial charge >= 0.3 is 0 Å². The molecule has 0 spiro atoms. The molecule has 2 aromatic carbocycles. The van der Waals surface area contributed by atoms with E-state index in [1.807, 2.05) is 74.5 Å². The number of nitrogens with one attached hydrogen (secondary N) is 1. The average molecular weight is 397 g/mol. The van der Waals surface area contributed by atoms with Crippen LogP contribution in [0.15, 0.2) is 60.7 Å². The molecule has 2 aliphatic rings. The lowest BCUT2D eigenvalue weighted by Crippen LogP contribution is -2.46. The Balaban J connectivity index is 1.39. The van der Waals surface area contributed by atoms with Gasteiger partial charge in [0.25, 0.3) is 5.91 Å². The van der Waals surface area contributed by atoms with Crippen molar-refractivity contribution in [3.05, 3.63) is 71.8 Å². The maximum absolute atomic E-state index is 12.8. The summed E-state index contributed by atoms with van der Waals surface area (Å²) in [7, 11) is 0. The van der Waals surface area contributed by atoms with Gasteiger partial charge in [0.1, 0.15) is 12.2 Å². The number of ether oxygens (including phenoxy) is 4. The normalized spacial score (nSPS) is 27.5. The zero-order valence-electron chi connectivity index (χ0n) is 16.7. The second-order valence-corrected chi connectivity index (χ2v) is 7.81. The number of carbonyl (C=O) groups is 1. The van der Waals surface area contributed by atoms with Crippen molar-refractivity contribution in [2.45, 2.75) is 57.3 Å². The van der Waals surface area contributed by atoms with E-state index >= 15 is 0 Å². The number of rotatable bonds is 7. The lowest BCUT2D eigenvalue weighted by atomic mass is 10.1. The van der Waals surface area contributed by atoms with Gasteiger partial charge in [-0.15, -0.1) is 0 Å². The second kappa shape index (κ2) is 8.63. The molecule has 2 heterocycles. The van der Waals surface area contributed by atoms with Gasteiger partial charge in [0, 0.05) is 6.54 Å². The topological polar surface area (TPSA) is 66.0 Å². The van der Waals surface area contributed by atoms with Crippen molar-refractivity contribution in [2.24, 2.45) is 0 Å². The van der Waals surface area contributed by atoms with E-state index in [1.54, 1.807) is 0 Å². The number of fused-ring (bicyclic) bond motifs is 1. The molecule has 4 rings (SSSR count). The summed E-state index contributed by atoms with van der Waals surface area (Å²) in [5.74, 6) is -0.975. The zero-order chi connectivity index (χ0) is 20.3. The molecular weight excluding hydrogens is 370 g/mol. The van der Waals surface area contributed by atoms with E-state index < -0.39 is 30.4 Å². The monoisotopic (exact) mass is 397 g/mol. The fourth-order valence-electron chi connectivity index (χ4n) is 3.71. The standard InChI is InChI=1S/C23H27NO5/c1-23(2)28-20-18(26-15-17-11-7-4-8-12-17)19(27-22(20)29-23)21(25)24-14-13-16-9-5-3-6-10-16/h3-12,18-20,22H,13-15H2,1-2H3,(H,24,25)/t18-,19-,20+,22+/m0/s1. The minimum Gasteiger partial charge on any atom is -0.367 e. The number of hydrogen-bond donors (Lipinski definition) is 1. The van der Waals surface area contributed by atoms with Crippen LogP contribution in [0.2, 0.25) is 0 Å². The van der Waals surface area contributed by atoms with Crippen molar-refractivity contribution in [1.29, 1.82) is 0 Å². The Morgan fingerprint density at radius 3 is 2.34 bits per heavy atom. The highest BCUT2D eigenvalue weighted by molar-refractivity contribution is 5.82. The van der Waals surface area contributed by atoms with Crippen LogP contribution in [0.1, 0.15) is 25.0 Å². The van der Waals surface area contributed by atoms with Crippen LogP contribution >= 0.6 is 0 Å². The molecule has 0 unspecified atom stereocenters. The molecule has 2 aromatic rings. The molecule has 0 radical (unpaired) electrons. The summed E-state index contributed by atoms with van der Waals surface area (Å²) >= 11 is 0. The molecular formula is C23H27NO5. The molecule has 154 valence electrons. The van der Waals surface area contributed by atoms with Crippen LogP contribution in [0, 0.1) is 0 Å². The van der Waals surface area contributed by atoms with Crippen molar-refractivity contribution in [2.75, 3.05) is 6.54 Å². The minimum absolute atomic E-state index is 0.210. The molecule has 6 heteroatoms. The van der Waals surface area contributed by atoms with Crippen molar-refractivity contribution in [3.63, 3.8) is 0 Å². The minimum atomic E-state index is -0.777. The Morgan fingerprint density at radius 1 is 1.00 bits per heavy atom. The predicted molar refractivity (Wildman–Crippen MR) is 107 cm³/mol. The van der Waals surface area contributed by atoms with Crippen LogP contribution in [0.25, 0.3) is 0 Å². The molecule has 2 saturated heterocycles. The Hall–Kier alpha value is -2.25.